The summed E-state index contributed by atoms with van der Waals surface area (Å²) in [6.07, 6.45) is 4.85. The van der Waals surface area contributed by atoms with Crippen LogP contribution in [0, 0.1) is 0 Å². The average Bonchev–Trinajstić information content (AvgIpc) is 3.03. The number of rotatable bonds is 6. The number of hydrogen-bond donors (Lipinski definition) is 1. The summed E-state index contributed by atoms with van der Waals surface area (Å²) in [5.41, 5.74) is 1.63. The number of nitrogens with one attached hydrogen (secondary N) is 1. The van der Waals surface area contributed by atoms with Gasteiger partial charge in [0.15, 0.2) is 0 Å². The summed E-state index contributed by atoms with van der Waals surface area (Å²) in [7, 11) is 0. The minimum Gasteiger partial charge on any atom is -0.365 e. The number of fused-ring (bicyclic) bond motifs is 1. The summed E-state index contributed by atoms with van der Waals surface area (Å²) in [6.45, 7) is 4.49. The third-order valence-electron chi connectivity index (χ3n) is 4.53. The number of pyridine rings is 1. The van der Waals surface area contributed by atoms with Gasteiger partial charge in [0.05, 0.1) is 10.5 Å². The predicted molar refractivity (Wildman–Crippen MR) is 125 cm³/mol. The SMILES string of the molecule is C=CCN1C(=O)C(=Cc2c(NCc3ccccc3)nc3ccccn3c2=O)SC1=S. The molecule has 1 N–H and O–H groups in total. The monoisotopic (exact) mass is 434 g/mol. The van der Waals surface area contributed by atoms with Crippen LogP contribution < -0.4 is 10.9 Å². The van der Waals surface area contributed by atoms with Crippen LogP contribution in [-0.4, -0.2) is 31.1 Å². The lowest BCUT2D eigenvalue weighted by Gasteiger charge is -2.12. The van der Waals surface area contributed by atoms with Crippen LogP contribution >= 0.6 is 24.0 Å². The molecule has 150 valence electrons. The Hall–Kier alpha value is -3.23. The molecule has 1 fully saturated rings. The number of nitrogens with zero attached hydrogens (tertiary/aromatic N) is 3. The van der Waals surface area contributed by atoms with E-state index in [4.69, 9.17) is 12.2 Å². The van der Waals surface area contributed by atoms with Gasteiger partial charge in [0.1, 0.15) is 15.8 Å². The van der Waals surface area contributed by atoms with E-state index in [0.717, 1.165) is 5.56 Å². The van der Waals surface area contributed by atoms with Gasteiger partial charge in [-0.25, -0.2) is 4.98 Å². The van der Waals surface area contributed by atoms with Gasteiger partial charge in [0.25, 0.3) is 11.5 Å². The van der Waals surface area contributed by atoms with E-state index in [9.17, 15) is 9.59 Å². The van der Waals surface area contributed by atoms with Crippen molar-refractivity contribution in [1.82, 2.24) is 14.3 Å². The normalized spacial score (nSPS) is 15.2. The maximum Gasteiger partial charge on any atom is 0.267 e. The molecule has 6 nitrogen and oxygen atoms in total. The zero-order chi connectivity index (χ0) is 21.1. The van der Waals surface area contributed by atoms with Crippen LogP contribution in [-0.2, 0) is 11.3 Å². The fourth-order valence-corrected chi connectivity index (χ4v) is 4.32. The zero-order valence-electron chi connectivity index (χ0n) is 15.9. The van der Waals surface area contributed by atoms with Crippen LogP contribution in [0.2, 0.25) is 0 Å². The van der Waals surface area contributed by atoms with Gasteiger partial charge in [-0.1, -0.05) is 66.5 Å². The number of hydrogen-bond acceptors (Lipinski definition) is 6. The van der Waals surface area contributed by atoms with E-state index in [1.54, 1.807) is 30.5 Å². The Kier molecular flexibility index (Phi) is 5.78. The van der Waals surface area contributed by atoms with Crippen molar-refractivity contribution < 1.29 is 4.79 Å². The fourth-order valence-electron chi connectivity index (χ4n) is 3.07. The highest BCUT2D eigenvalue weighted by Gasteiger charge is 2.31. The topological polar surface area (TPSA) is 66.7 Å². The van der Waals surface area contributed by atoms with Crippen molar-refractivity contribution in [3.8, 4) is 0 Å². The molecule has 3 aromatic rings. The number of aromatic nitrogens is 2. The minimum atomic E-state index is -0.259. The molecule has 8 heteroatoms. The van der Waals surface area contributed by atoms with E-state index in [1.165, 1.54) is 21.1 Å². The molecule has 0 saturated carbocycles. The van der Waals surface area contributed by atoms with E-state index in [-0.39, 0.29) is 11.5 Å². The van der Waals surface area contributed by atoms with Crippen LogP contribution in [0.1, 0.15) is 11.1 Å². The Balaban J connectivity index is 1.78. The van der Waals surface area contributed by atoms with Gasteiger partial charge in [0.2, 0.25) is 0 Å². The quantitative estimate of drug-likeness (QED) is 0.363. The van der Waals surface area contributed by atoms with Crippen LogP contribution in [0.5, 0.6) is 0 Å². The number of anilines is 1. The van der Waals surface area contributed by atoms with Crippen molar-refractivity contribution in [1.29, 1.82) is 0 Å². The molecule has 2 aromatic heterocycles. The van der Waals surface area contributed by atoms with E-state index in [0.29, 0.717) is 39.3 Å². The highest BCUT2D eigenvalue weighted by atomic mass is 32.2. The van der Waals surface area contributed by atoms with Gasteiger partial charge in [-0.3, -0.25) is 18.9 Å². The van der Waals surface area contributed by atoms with Crippen molar-refractivity contribution in [3.63, 3.8) is 0 Å². The van der Waals surface area contributed by atoms with Gasteiger partial charge in [-0.2, -0.15) is 0 Å². The number of thiocarbonyl (C=S) groups is 1. The Bertz CT molecular complexity index is 1230. The summed E-state index contributed by atoms with van der Waals surface area (Å²) in [6, 6.07) is 15.2. The van der Waals surface area contributed by atoms with E-state index in [2.05, 4.69) is 16.9 Å². The Morgan fingerprint density at radius 1 is 1.13 bits per heavy atom. The standard InChI is InChI=1S/C22H18N4O2S2/c1-2-11-26-21(28)17(30-22(26)29)13-16-19(23-14-15-8-4-3-5-9-15)24-18-10-6-7-12-25(18)20(16)27/h2-10,12-13,23H,1,11,14H2. The fraction of sp³-hybridized carbons (Fsp3) is 0.0909. The van der Waals surface area contributed by atoms with Gasteiger partial charge in [-0.05, 0) is 23.8 Å². The summed E-state index contributed by atoms with van der Waals surface area (Å²) >= 11 is 6.47. The smallest absolute Gasteiger partial charge is 0.267 e. The lowest BCUT2D eigenvalue weighted by atomic mass is 10.2. The van der Waals surface area contributed by atoms with E-state index < -0.39 is 0 Å². The molecule has 0 atom stereocenters. The lowest BCUT2D eigenvalue weighted by Crippen LogP contribution is -2.28. The number of carbonyl (C=O) groups excluding carboxylic acids is 1. The van der Waals surface area contributed by atoms with E-state index in [1.807, 2.05) is 36.4 Å². The number of benzene rings is 1. The molecule has 1 saturated heterocycles. The van der Waals surface area contributed by atoms with Gasteiger partial charge >= 0.3 is 0 Å². The molecule has 1 amide bonds. The number of carbonyl (C=O) groups is 1. The second-order valence-corrected chi connectivity index (χ2v) is 8.20. The van der Waals surface area contributed by atoms with Crippen molar-refractivity contribution in [2.24, 2.45) is 0 Å². The summed E-state index contributed by atoms with van der Waals surface area (Å²) in [5.74, 6) is 0.181. The molecular formula is C22H18N4O2S2. The first kappa shape index (κ1) is 20.1. The molecule has 1 aromatic carbocycles. The molecule has 0 radical (unpaired) electrons. The Morgan fingerprint density at radius 3 is 2.67 bits per heavy atom. The van der Waals surface area contributed by atoms with E-state index >= 15 is 0 Å². The largest absolute Gasteiger partial charge is 0.365 e. The Labute approximate surface area is 182 Å². The Morgan fingerprint density at radius 2 is 1.90 bits per heavy atom. The zero-order valence-corrected chi connectivity index (χ0v) is 17.6. The maximum absolute atomic E-state index is 13.2. The van der Waals surface area contributed by atoms with Gasteiger partial charge in [-0.15, -0.1) is 6.58 Å². The summed E-state index contributed by atoms with van der Waals surface area (Å²) < 4.78 is 1.91. The van der Waals surface area contributed by atoms with Crippen molar-refractivity contribution in [3.05, 3.63) is 93.8 Å². The first-order valence-electron chi connectivity index (χ1n) is 9.24. The molecule has 1 aliphatic rings. The predicted octanol–water partition coefficient (Wildman–Crippen LogP) is 3.69. The number of amides is 1. The maximum atomic E-state index is 13.2. The highest BCUT2D eigenvalue weighted by molar-refractivity contribution is 8.26. The molecular weight excluding hydrogens is 416 g/mol. The first-order valence-corrected chi connectivity index (χ1v) is 10.5. The van der Waals surface area contributed by atoms with Crippen LogP contribution in [0.4, 0.5) is 5.82 Å². The summed E-state index contributed by atoms with van der Waals surface area (Å²) in [5, 5.41) is 3.25. The van der Waals surface area contributed by atoms with Crippen molar-refractivity contribution >= 4 is 51.7 Å². The van der Waals surface area contributed by atoms with Gasteiger partial charge in [0, 0.05) is 19.3 Å². The number of thioether (sulfide) groups is 1. The third-order valence-corrected chi connectivity index (χ3v) is 5.91. The average molecular weight is 435 g/mol. The van der Waals surface area contributed by atoms with Crippen molar-refractivity contribution in [2.75, 3.05) is 11.9 Å². The third kappa shape index (κ3) is 3.92. The van der Waals surface area contributed by atoms with Crippen LogP contribution in [0.15, 0.2) is 77.1 Å². The molecule has 0 unspecified atom stereocenters. The van der Waals surface area contributed by atoms with Crippen molar-refractivity contribution in [2.45, 2.75) is 6.54 Å². The molecule has 0 bridgehead atoms. The molecule has 0 aliphatic carbocycles. The first-order chi connectivity index (χ1) is 14.6. The lowest BCUT2D eigenvalue weighted by molar-refractivity contribution is -0.121. The van der Waals surface area contributed by atoms with Crippen LogP contribution in [0.25, 0.3) is 11.7 Å². The van der Waals surface area contributed by atoms with Crippen LogP contribution in [0.3, 0.4) is 0 Å². The van der Waals surface area contributed by atoms with Gasteiger partial charge < -0.3 is 5.32 Å². The molecule has 0 spiro atoms. The molecule has 3 heterocycles. The second-order valence-electron chi connectivity index (χ2n) is 6.53. The second kappa shape index (κ2) is 8.64. The minimum absolute atomic E-state index is 0.239. The summed E-state index contributed by atoms with van der Waals surface area (Å²) in [4.78, 5) is 32.4. The molecule has 4 rings (SSSR count). The molecule has 30 heavy (non-hydrogen) atoms. The molecule has 1 aliphatic heterocycles. The highest BCUT2D eigenvalue weighted by Crippen LogP contribution is 2.32.